The highest BCUT2D eigenvalue weighted by Gasteiger charge is 2.03. The number of para-hydroxylation sites is 1. The molecule has 0 saturated heterocycles. The van der Waals surface area contributed by atoms with Crippen molar-refractivity contribution in [2.24, 2.45) is 0 Å². The van der Waals surface area contributed by atoms with Gasteiger partial charge in [-0.05, 0) is 25.7 Å². The first kappa shape index (κ1) is 10.6. The van der Waals surface area contributed by atoms with E-state index in [4.69, 9.17) is 0 Å². The molecule has 0 N–H and O–H groups in total. The number of rotatable bonds is 4. The Hall–Kier alpha value is -0.930. The highest BCUT2D eigenvalue weighted by molar-refractivity contribution is 7.18. The van der Waals surface area contributed by atoms with E-state index in [0.717, 1.165) is 25.0 Å². The van der Waals surface area contributed by atoms with Crippen LogP contribution in [0.4, 0.5) is 0 Å². The second-order valence-electron chi connectivity index (χ2n) is 3.72. The van der Waals surface area contributed by atoms with E-state index in [1.807, 2.05) is 17.4 Å². The maximum Gasteiger partial charge on any atom is 0.0951 e. The van der Waals surface area contributed by atoms with E-state index in [9.17, 15) is 0 Å². The fourth-order valence-electron chi connectivity index (χ4n) is 1.47. The molecule has 15 heavy (non-hydrogen) atoms. The monoisotopic (exact) mass is 220 g/mol. The molecule has 0 aliphatic heterocycles. The van der Waals surface area contributed by atoms with Gasteiger partial charge in [-0.15, -0.1) is 11.3 Å². The molecule has 3 heteroatoms. The number of benzene rings is 1. The Morgan fingerprint density at radius 3 is 2.87 bits per heavy atom. The van der Waals surface area contributed by atoms with E-state index < -0.39 is 0 Å². The molecule has 0 radical (unpaired) electrons. The van der Waals surface area contributed by atoms with Gasteiger partial charge in [0, 0.05) is 13.0 Å². The van der Waals surface area contributed by atoms with E-state index in [2.05, 4.69) is 42.1 Å². The minimum Gasteiger partial charge on any atom is -0.306 e. The Labute approximate surface area is 94.6 Å². The van der Waals surface area contributed by atoms with Crippen LogP contribution in [0.15, 0.2) is 24.3 Å². The van der Waals surface area contributed by atoms with E-state index in [1.54, 1.807) is 0 Å². The van der Waals surface area contributed by atoms with Crippen molar-refractivity contribution in [2.45, 2.75) is 13.3 Å². The quantitative estimate of drug-likeness (QED) is 0.787. The first-order valence-corrected chi connectivity index (χ1v) is 6.14. The van der Waals surface area contributed by atoms with Gasteiger partial charge in [-0.3, -0.25) is 0 Å². The van der Waals surface area contributed by atoms with Gasteiger partial charge in [-0.2, -0.15) is 0 Å². The Kier molecular flexibility index (Phi) is 3.34. The lowest BCUT2D eigenvalue weighted by molar-refractivity contribution is 0.357. The van der Waals surface area contributed by atoms with Crippen LogP contribution in [0.1, 0.15) is 11.9 Å². The molecule has 2 nitrogen and oxygen atoms in total. The van der Waals surface area contributed by atoms with Crippen molar-refractivity contribution in [1.82, 2.24) is 9.88 Å². The Morgan fingerprint density at radius 1 is 1.33 bits per heavy atom. The van der Waals surface area contributed by atoms with Crippen LogP contribution in [0.5, 0.6) is 0 Å². The van der Waals surface area contributed by atoms with Crippen molar-refractivity contribution in [3.8, 4) is 0 Å². The van der Waals surface area contributed by atoms with Crippen molar-refractivity contribution in [1.29, 1.82) is 0 Å². The van der Waals surface area contributed by atoms with Crippen LogP contribution in [-0.2, 0) is 6.42 Å². The van der Waals surface area contributed by atoms with Crippen molar-refractivity contribution < 1.29 is 0 Å². The average molecular weight is 220 g/mol. The second-order valence-corrected chi connectivity index (χ2v) is 4.84. The molecule has 0 saturated carbocycles. The van der Waals surface area contributed by atoms with Crippen LogP contribution >= 0.6 is 11.3 Å². The minimum atomic E-state index is 1.06. The molecule has 0 unspecified atom stereocenters. The van der Waals surface area contributed by atoms with Gasteiger partial charge >= 0.3 is 0 Å². The van der Waals surface area contributed by atoms with Crippen LogP contribution in [-0.4, -0.2) is 30.0 Å². The molecular formula is C12H16N2S. The number of fused-ring (bicyclic) bond motifs is 1. The average Bonchev–Trinajstić information content (AvgIpc) is 2.68. The largest absolute Gasteiger partial charge is 0.306 e. The van der Waals surface area contributed by atoms with Crippen LogP contribution in [0.25, 0.3) is 10.2 Å². The summed E-state index contributed by atoms with van der Waals surface area (Å²) in [7, 11) is 2.15. The topological polar surface area (TPSA) is 16.1 Å². The Bertz CT molecular complexity index is 403. The molecule has 2 rings (SSSR count). The number of hydrogen-bond acceptors (Lipinski definition) is 3. The summed E-state index contributed by atoms with van der Waals surface area (Å²) < 4.78 is 1.30. The van der Waals surface area contributed by atoms with Gasteiger partial charge in [-0.25, -0.2) is 4.98 Å². The number of aromatic nitrogens is 1. The van der Waals surface area contributed by atoms with Crippen molar-refractivity contribution in [3.63, 3.8) is 0 Å². The fourth-order valence-corrected chi connectivity index (χ4v) is 2.43. The lowest BCUT2D eigenvalue weighted by atomic mass is 10.3. The van der Waals surface area contributed by atoms with Gasteiger partial charge in [0.2, 0.25) is 0 Å². The number of thiazole rings is 1. The molecule has 0 bridgehead atoms. The van der Waals surface area contributed by atoms with Gasteiger partial charge < -0.3 is 4.90 Å². The molecule has 2 aromatic rings. The summed E-state index contributed by atoms with van der Waals surface area (Å²) in [6.07, 6.45) is 1.06. The predicted molar refractivity (Wildman–Crippen MR) is 66.5 cm³/mol. The van der Waals surface area contributed by atoms with Crippen molar-refractivity contribution >= 4 is 21.6 Å². The molecule has 0 fully saturated rings. The molecule has 1 aromatic heterocycles. The molecule has 1 heterocycles. The smallest absolute Gasteiger partial charge is 0.0951 e. The summed E-state index contributed by atoms with van der Waals surface area (Å²) in [5.41, 5.74) is 1.14. The number of nitrogens with zero attached hydrogens (tertiary/aromatic N) is 2. The highest BCUT2D eigenvalue weighted by Crippen LogP contribution is 2.21. The predicted octanol–water partition coefficient (Wildman–Crippen LogP) is 2.79. The molecule has 80 valence electrons. The van der Waals surface area contributed by atoms with Gasteiger partial charge in [0.05, 0.1) is 15.2 Å². The normalized spacial score (nSPS) is 11.4. The molecule has 0 amide bonds. The first-order valence-electron chi connectivity index (χ1n) is 5.32. The van der Waals surface area contributed by atoms with Gasteiger partial charge in [0.25, 0.3) is 0 Å². The Balaban J connectivity index is 2.09. The third kappa shape index (κ3) is 2.55. The molecular weight excluding hydrogens is 204 g/mol. The third-order valence-electron chi connectivity index (χ3n) is 2.59. The van der Waals surface area contributed by atoms with Gasteiger partial charge in [-0.1, -0.05) is 19.1 Å². The van der Waals surface area contributed by atoms with Crippen molar-refractivity contribution in [3.05, 3.63) is 29.3 Å². The molecule has 0 aliphatic carbocycles. The number of hydrogen-bond donors (Lipinski definition) is 0. The number of likely N-dealkylation sites (N-methyl/N-ethyl adjacent to an activating group) is 1. The molecule has 0 atom stereocenters. The van der Waals surface area contributed by atoms with Crippen LogP contribution in [0, 0.1) is 0 Å². The van der Waals surface area contributed by atoms with Crippen molar-refractivity contribution in [2.75, 3.05) is 20.1 Å². The van der Waals surface area contributed by atoms with Crippen LogP contribution in [0.3, 0.4) is 0 Å². The summed E-state index contributed by atoms with van der Waals surface area (Å²) in [4.78, 5) is 6.92. The summed E-state index contributed by atoms with van der Waals surface area (Å²) >= 11 is 1.81. The summed E-state index contributed by atoms with van der Waals surface area (Å²) in [6.45, 7) is 4.37. The maximum atomic E-state index is 4.61. The van der Waals surface area contributed by atoms with Crippen LogP contribution < -0.4 is 0 Å². The first-order chi connectivity index (χ1) is 7.29. The maximum absolute atomic E-state index is 4.61. The zero-order valence-corrected chi connectivity index (χ0v) is 10.0. The Morgan fingerprint density at radius 2 is 2.13 bits per heavy atom. The third-order valence-corrected chi connectivity index (χ3v) is 3.68. The minimum absolute atomic E-state index is 1.06. The lowest BCUT2D eigenvalue weighted by Gasteiger charge is -2.11. The van der Waals surface area contributed by atoms with Gasteiger partial charge in [0.1, 0.15) is 0 Å². The van der Waals surface area contributed by atoms with E-state index in [0.29, 0.717) is 0 Å². The standard InChI is InChI=1S/C12H16N2S/c1-3-14(2)9-8-12-13-10-6-4-5-7-11(10)15-12/h4-7H,3,8-9H2,1-2H3. The van der Waals surface area contributed by atoms with E-state index >= 15 is 0 Å². The molecule has 1 aromatic carbocycles. The zero-order valence-electron chi connectivity index (χ0n) is 9.23. The highest BCUT2D eigenvalue weighted by atomic mass is 32.1. The summed E-state index contributed by atoms with van der Waals surface area (Å²) in [6, 6.07) is 8.34. The second kappa shape index (κ2) is 4.73. The summed E-state index contributed by atoms with van der Waals surface area (Å²) in [5.74, 6) is 0. The van der Waals surface area contributed by atoms with Crippen LogP contribution in [0.2, 0.25) is 0 Å². The molecule has 0 spiro atoms. The zero-order chi connectivity index (χ0) is 10.7. The fraction of sp³-hybridized carbons (Fsp3) is 0.417. The lowest BCUT2D eigenvalue weighted by Crippen LogP contribution is -2.20. The van der Waals surface area contributed by atoms with E-state index in [1.165, 1.54) is 9.71 Å². The SMILES string of the molecule is CCN(C)CCc1nc2ccccc2s1. The van der Waals surface area contributed by atoms with Gasteiger partial charge in [0.15, 0.2) is 0 Å². The summed E-state index contributed by atoms with van der Waals surface area (Å²) in [5, 5.41) is 1.25. The van der Waals surface area contributed by atoms with E-state index in [-0.39, 0.29) is 0 Å². The molecule has 0 aliphatic rings.